The summed E-state index contributed by atoms with van der Waals surface area (Å²) < 4.78 is 41.0. The van der Waals surface area contributed by atoms with Gasteiger partial charge in [0, 0.05) is 31.5 Å². The lowest BCUT2D eigenvalue weighted by Crippen LogP contribution is -2.53. The van der Waals surface area contributed by atoms with E-state index in [4.69, 9.17) is 5.11 Å². The molecule has 1 fully saturated rings. The summed E-state index contributed by atoms with van der Waals surface area (Å²) in [5.41, 5.74) is 0.637. The van der Waals surface area contributed by atoms with Crippen LogP contribution in [0.2, 0.25) is 0 Å². The zero-order valence-electron chi connectivity index (χ0n) is 14.2. The fourth-order valence-corrected chi connectivity index (χ4v) is 3.34. The molecule has 1 aliphatic rings. The molecule has 1 aliphatic heterocycles. The predicted molar refractivity (Wildman–Crippen MR) is 90.5 cm³/mol. The minimum absolute atomic E-state index is 0.0108. The van der Waals surface area contributed by atoms with Crippen molar-refractivity contribution < 1.29 is 27.9 Å². The lowest BCUT2D eigenvalue weighted by atomic mass is 9.84. The van der Waals surface area contributed by atoms with Crippen molar-refractivity contribution in [1.29, 1.82) is 0 Å². The number of carbonyl (C=O) groups excluding carboxylic acids is 1. The van der Waals surface area contributed by atoms with Gasteiger partial charge >= 0.3 is 6.09 Å². The number of nitrogens with zero attached hydrogens (tertiary/aromatic N) is 1. The molecule has 2 amide bonds. The monoisotopic (exact) mass is 378 g/mol. The lowest BCUT2D eigenvalue weighted by molar-refractivity contribution is -0.135. The average molecular weight is 378 g/mol. The Labute approximate surface area is 153 Å². The molecule has 2 aromatic rings. The van der Waals surface area contributed by atoms with Crippen molar-refractivity contribution in [3.05, 3.63) is 71.0 Å². The Morgan fingerprint density at radius 3 is 2.44 bits per heavy atom. The molecule has 0 radical (unpaired) electrons. The summed E-state index contributed by atoms with van der Waals surface area (Å²) >= 11 is 0. The number of nitrogens with one attached hydrogen (secondary N) is 1. The summed E-state index contributed by atoms with van der Waals surface area (Å²) in [5, 5.41) is 11.4. The molecule has 1 heterocycles. The molecular formula is C19H17F3N2O3. The van der Waals surface area contributed by atoms with Crippen LogP contribution in [0.5, 0.6) is 0 Å². The normalized spacial score (nSPS) is 19.8. The highest BCUT2D eigenvalue weighted by atomic mass is 19.2. The molecule has 1 saturated heterocycles. The zero-order chi connectivity index (χ0) is 19.6. The Morgan fingerprint density at radius 1 is 1.11 bits per heavy atom. The molecule has 142 valence electrons. The number of benzene rings is 2. The molecule has 0 aromatic heterocycles. The first-order valence-electron chi connectivity index (χ1n) is 8.30. The van der Waals surface area contributed by atoms with Gasteiger partial charge in [-0.25, -0.2) is 18.0 Å². The predicted octanol–water partition coefficient (Wildman–Crippen LogP) is 3.26. The summed E-state index contributed by atoms with van der Waals surface area (Å²) in [6.45, 7) is 0.258. The van der Waals surface area contributed by atoms with E-state index >= 15 is 0 Å². The molecule has 0 unspecified atom stereocenters. The molecule has 0 spiro atoms. The van der Waals surface area contributed by atoms with Crippen LogP contribution in [0.25, 0.3) is 0 Å². The maximum Gasteiger partial charge on any atom is 0.404 e. The number of amides is 2. The maximum absolute atomic E-state index is 14.2. The molecule has 2 atom stereocenters. The van der Waals surface area contributed by atoms with Gasteiger partial charge in [0.15, 0.2) is 11.6 Å². The van der Waals surface area contributed by atoms with Crippen molar-refractivity contribution >= 4 is 12.0 Å². The Bertz CT molecular complexity index is 861. The SMILES string of the molecule is O=C(O)N[C@@H]1CN(Cc2ccccc2)C(=O)C[C@H]1c1cc(F)c(F)cc1F. The van der Waals surface area contributed by atoms with Crippen molar-refractivity contribution in [2.24, 2.45) is 0 Å². The highest BCUT2D eigenvalue weighted by Crippen LogP contribution is 2.32. The summed E-state index contributed by atoms with van der Waals surface area (Å²) in [7, 11) is 0. The number of hydrogen-bond acceptors (Lipinski definition) is 2. The van der Waals surface area contributed by atoms with E-state index in [1.54, 1.807) is 0 Å². The second-order valence-corrected chi connectivity index (χ2v) is 6.41. The van der Waals surface area contributed by atoms with Gasteiger partial charge in [-0.2, -0.15) is 0 Å². The maximum atomic E-state index is 14.2. The van der Waals surface area contributed by atoms with Crippen LogP contribution < -0.4 is 5.32 Å². The first-order chi connectivity index (χ1) is 12.8. The fraction of sp³-hybridized carbons (Fsp3) is 0.263. The number of carboxylic acid groups (broad SMARTS) is 1. The Hall–Kier alpha value is -3.03. The van der Waals surface area contributed by atoms with E-state index in [1.807, 2.05) is 30.3 Å². The van der Waals surface area contributed by atoms with E-state index in [1.165, 1.54) is 4.90 Å². The van der Waals surface area contributed by atoms with Gasteiger partial charge in [0.05, 0.1) is 6.04 Å². The highest BCUT2D eigenvalue weighted by molar-refractivity contribution is 5.79. The first-order valence-corrected chi connectivity index (χ1v) is 8.30. The number of halogens is 3. The van der Waals surface area contributed by atoms with Crippen molar-refractivity contribution in [2.75, 3.05) is 6.54 Å². The molecule has 0 bridgehead atoms. The number of piperidine rings is 1. The number of likely N-dealkylation sites (tertiary alicyclic amines) is 1. The van der Waals surface area contributed by atoms with E-state index in [9.17, 15) is 22.8 Å². The topological polar surface area (TPSA) is 69.6 Å². The lowest BCUT2D eigenvalue weighted by Gasteiger charge is -2.38. The van der Waals surface area contributed by atoms with Gasteiger partial charge < -0.3 is 15.3 Å². The van der Waals surface area contributed by atoms with E-state index in [0.717, 1.165) is 5.56 Å². The summed E-state index contributed by atoms with van der Waals surface area (Å²) in [5.74, 6) is -4.86. The zero-order valence-corrected chi connectivity index (χ0v) is 14.2. The second-order valence-electron chi connectivity index (χ2n) is 6.41. The van der Waals surface area contributed by atoms with Crippen LogP contribution >= 0.6 is 0 Å². The molecule has 2 aromatic carbocycles. The van der Waals surface area contributed by atoms with Crippen LogP contribution in [0.4, 0.5) is 18.0 Å². The standard InChI is InChI=1S/C19H17F3N2O3/c20-14-8-16(22)15(21)6-12(14)13-7-18(25)24(10-17(13)23-19(26)27)9-11-4-2-1-3-5-11/h1-6,8,13,17,23H,7,9-10H2,(H,26,27)/t13-,17+/m0/s1. The molecular weight excluding hydrogens is 361 g/mol. The first kappa shape index (κ1) is 18.8. The van der Waals surface area contributed by atoms with Crippen LogP contribution in [0.15, 0.2) is 42.5 Å². The summed E-state index contributed by atoms with van der Waals surface area (Å²) in [6.07, 6.45) is -1.57. The third-order valence-electron chi connectivity index (χ3n) is 4.61. The van der Waals surface area contributed by atoms with Crippen molar-refractivity contribution in [3.8, 4) is 0 Å². The molecule has 0 saturated carbocycles. The van der Waals surface area contributed by atoms with Gasteiger partial charge in [0.25, 0.3) is 0 Å². The molecule has 0 aliphatic carbocycles. The van der Waals surface area contributed by atoms with Gasteiger partial charge in [-0.15, -0.1) is 0 Å². The van der Waals surface area contributed by atoms with Crippen LogP contribution in [0.3, 0.4) is 0 Å². The van der Waals surface area contributed by atoms with Crippen molar-refractivity contribution in [1.82, 2.24) is 10.2 Å². The van der Waals surface area contributed by atoms with E-state index in [-0.39, 0.29) is 31.0 Å². The van der Waals surface area contributed by atoms with Crippen LogP contribution in [-0.4, -0.2) is 34.6 Å². The second kappa shape index (κ2) is 7.69. The molecule has 27 heavy (non-hydrogen) atoms. The Morgan fingerprint density at radius 2 is 1.78 bits per heavy atom. The molecule has 5 nitrogen and oxygen atoms in total. The largest absolute Gasteiger partial charge is 0.465 e. The summed E-state index contributed by atoms with van der Waals surface area (Å²) in [4.78, 5) is 25.2. The smallest absolute Gasteiger partial charge is 0.404 e. The van der Waals surface area contributed by atoms with Crippen molar-refractivity contribution in [2.45, 2.75) is 24.9 Å². The quantitative estimate of drug-likeness (QED) is 0.803. The Balaban J connectivity index is 1.88. The van der Waals surface area contributed by atoms with Gasteiger partial charge in [-0.1, -0.05) is 30.3 Å². The third-order valence-corrected chi connectivity index (χ3v) is 4.61. The fourth-order valence-electron chi connectivity index (χ4n) is 3.34. The van der Waals surface area contributed by atoms with E-state index in [0.29, 0.717) is 12.1 Å². The average Bonchev–Trinajstić information content (AvgIpc) is 2.61. The van der Waals surface area contributed by atoms with Gasteiger partial charge in [-0.05, 0) is 17.2 Å². The third kappa shape index (κ3) is 4.21. The van der Waals surface area contributed by atoms with Crippen LogP contribution in [-0.2, 0) is 11.3 Å². The summed E-state index contributed by atoms with van der Waals surface area (Å²) in [6, 6.07) is 9.35. The molecule has 3 rings (SSSR count). The van der Waals surface area contributed by atoms with Gasteiger partial charge in [0.2, 0.25) is 5.91 Å². The number of carbonyl (C=O) groups is 2. The minimum Gasteiger partial charge on any atom is -0.465 e. The van der Waals surface area contributed by atoms with Gasteiger partial charge in [-0.3, -0.25) is 4.79 Å². The highest BCUT2D eigenvalue weighted by Gasteiger charge is 2.37. The van der Waals surface area contributed by atoms with E-state index in [2.05, 4.69) is 5.32 Å². The van der Waals surface area contributed by atoms with Crippen molar-refractivity contribution in [3.63, 3.8) is 0 Å². The number of rotatable bonds is 4. The molecule has 8 heteroatoms. The number of hydrogen-bond donors (Lipinski definition) is 2. The molecule has 2 N–H and O–H groups in total. The van der Waals surface area contributed by atoms with Crippen LogP contribution in [0, 0.1) is 17.5 Å². The van der Waals surface area contributed by atoms with Gasteiger partial charge in [0.1, 0.15) is 5.82 Å². The Kier molecular flexibility index (Phi) is 5.34. The minimum atomic E-state index is -1.35. The van der Waals surface area contributed by atoms with Crippen LogP contribution in [0.1, 0.15) is 23.5 Å². The van der Waals surface area contributed by atoms with E-state index < -0.39 is 35.5 Å².